The topological polar surface area (TPSA) is 78.9 Å². The van der Waals surface area contributed by atoms with Gasteiger partial charge in [-0.3, -0.25) is 14.4 Å². The molecule has 0 bridgehead atoms. The van der Waals surface area contributed by atoms with Crippen molar-refractivity contribution in [2.45, 2.75) is 457 Å². The number of unbranched alkanes of at least 4 members (excludes halogenated alkanes) is 61. The van der Waals surface area contributed by atoms with Crippen LogP contribution < -0.4 is 0 Å². The van der Waals surface area contributed by atoms with Gasteiger partial charge in [0.25, 0.3) is 0 Å². The van der Waals surface area contributed by atoms with E-state index in [2.05, 4.69) is 20.8 Å². The van der Waals surface area contributed by atoms with Gasteiger partial charge in [0.15, 0.2) is 6.10 Å². The number of hydrogen-bond donors (Lipinski definition) is 0. The van der Waals surface area contributed by atoms with Gasteiger partial charge in [-0.05, 0) is 19.3 Å². The first-order valence-corrected chi connectivity index (χ1v) is 38.0. The van der Waals surface area contributed by atoms with Crippen molar-refractivity contribution < 1.29 is 28.6 Å². The van der Waals surface area contributed by atoms with Gasteiger partial charge in [0, 0.05) is 19.3 Å². The van der Waals surface area contributed by atoms with E-state index in [1.54, 1.807) is 0 Å². The molecular weight excluding hydrogens is 1010 g/mol. The Morgan fingerprint density at radius 3 is 0.488 bits per heavy atom. The van der Waals surface area contributed by atoms with Crippen molar-refractivity contribution in [3.05, 3.63) is 0 Å². The Kier molecular flexibility index (Phi) is 70.5. The summed E-state index contributed by atoms with van der Waals surface area (Å²) >= 11 is 0. The summed E-state index contributed by atoms with van der Waals surface area (Å²) in [5.74, 6) is -0.819. The average molecular weight is 1160 g/mol. The zero-order valence-corrected chi connectivity index (χ0v) is 56.3. The van der Waals surface area contributed by atoms with Gasteiger partial charge < -0.3 is 14.2 Å². The number of ether oxygens (including phenoxy) is 3. The highest BCUT2D eigenvalue weighted by molar-refractivity contribution is 5.71. The maximum atomic E-state index is 13.0. The zero-order valence-electron chi connectivity index (χ0n) is 56.3. The van der Waals surface area contributed by atoms with E-state index >= 15 is 0 Å². The molecule has 0 heterocycles. The summed E-state index contributed by atoms with van der Waals surface area (Å²) in [5.41, 5.74) is 0. The quantitative estimate of drug-likeness (QED) is 0.0343. The average Bonchev–Trinajstić information content (AvgIpc) is 3.47. The first-order chi connectivity index (χ1) is 40.5. The van der Waals surface area contributed by atoms with Crippen LogP contribution in [-0.4, -0.2) is 37.2 Å². The van der Waals surface area contributed by atoms with E-state index in [4.69, 9.17) is 14.2 Å². The molecule has 0 N–H and O–H groups in total. The van der Waals surface area contributed by atoms with Crippen molar-refractivity contribution in [3.8, 4) is 0 Å². The van der Waals surface area contributed by atoms with Crippen LogP contribution in [0.5, 0.6) is 0 Å². The molecule has 0 spiro atoms. The van der Waals surface area contributed by atoms with E-state index in [-0.39, 0.29) is 31.1 Å². The molecule has 1 unspecified atom stereocenters. The minimum atomic E-state index is -0.763. The molecule has 6 nitrogen and oxygen atoms in total. The summed E-state index contributed by atoms with van der Waals surface area (Å²) in [6, 6.07) is 0. The lowest BCUT2D eigenvalue weighted by atomic mass is 10.0. The van der Waals surface area contributed by atoms with Gasteiger partial charge in [-0.1, -0.05) is 412 Å². The lowest BCUT2D eigenvalue weighted by Gasteiger charge is -2.18. The number of carbonyl (C=O) groups is 3. The van der Waals surface area contributed by atoms with E-state index in [0.29, 0.717) is 19.3 Å². The molecule has 0 aromatic heterocycles. The van der Waals surface area contributed by atoms with Crippen LogP contribution >= 0.6 is 0 Å². The van der Waals surface area contributed by atoms with Gasteiger partial charge in [-0.25, -0.2) is 0 Å². The summed E-state index contributed by atoms with van der Waals surface area (Å²) in [6.45, 7) is 6.74. The molecule has 0 aliphatic rings. The second kappa shape index (κ2) is 71.9. The predicted molar refractivity (Wildman–Crippen MR) is 358 cm³/mol. The SMILES string of the molecule is CCCCCCCCCCCCCCCCCCCCCCCCCCCCCCC(=O)OCC(COC(=O)CCCCCCCCCCCCC)OC(=O)CCCCCCCCCCCCCCCCCCCCCCCCCCC. The first-order valence-electron chi connectivity index (χ1n) is 38.0. The molecule has 0 aliphatic heterocycles. The van der Waals surface area contributed by atoms with Gasteiger partial charge in [-0.2, -0.15) is 0 Å². The van der Waals surface area contributed by atoms with Crippen LogP contribution in [0.4, 0.5) is 0 Å². The summed E-state index contributed by atoms with van der Waals surface area (Å²) in [4.78, 5) is 38.4. The highest BCUT2D eigenvalue weighted by atomic mass is 16.6. The normalized spacial score (nSPS) is 11.9. The minimum Gasteiger partial charge on any atom is -0.462 e. The Morgan fingerprint density at radius 2 is 0.329 bits per heavy atom. The van der Waals surface area contributed by atoms with Gasteiger partial charge >= 0.3 is 17.9 Å². The molecule has 488 valence electrons. The fourth-order valence-electron chi connectivity index (χ4n) is 12.2. The highest BCUT2D eigenvalue weighted by Crippen LogP contribution is 2.20. The van der Waals surface area contributed by atoms with E-state index in [1.165, 1.54) is 353 Å². The minimum absolute atomic E-state index is 0.0602. The molecule has 82 heavy (non-hydrogen) atoms. The van der Waals surface area contributed by atoms with E-state index < -0.39 is 6.10 Å². The van der Waals surface area contributed by atoms with E-state index in [9.17, 15) is 14.4 Å². The number of hydrogen-bond acceptors (Lipinski definition) is 6. The summed E-state index contributed by atoms with van der Waals surface area (Å²) in [5, 5.41) is 0. The molecule has 0 aromatic carbocycles. The Hall–Kier alpha value is -1.59. The van der Waals surface area contributed by atoms with Crippen molar-refractivity contribution in [3.63, 3.8) is 0 Å². The molecule has 0 aromatic rings. The van der Waals surface area contributed by atoms with Crippen molar-refractivity contribution in [2.75, 3.05) is 13.2 Å². The Balaban J connectivity index is 4.09. The van der Waals surface area contributed by atoms with Crippen molar-refractivity contribution in [1.82, 2.24) is 0 Å². The smallest absolute Gasteiger partial charge is 0.306 e. The van der Waals surface area contributed by atoms with Gasteiger partial charge in [0.05, 0.1) is 0 Å². The molecule has 0 aliphatic carbocycles. The monoisotopic (exact) mass is 1160 g/mol. The van der Waals surface area contributed by atoms with E-state index in [1.807, 2.05) is 0 Å². The summed E-state index contributed by atoms with van der Waals surface area (Å²) in [6.07, 6.45) is 86.0. The molecular formula is C76H148O6. The molecule has 0 radical (unpaired) electrons. The number of carbonyl (C=O) groups excluding carboxylic acids is 3. The fraction of sp³-hybridized carbons (Fsp3) is 0.961. The molecule has 0 amide bonds. The second-order valence-electron chi connectivity index (χ2n) is 26.3. The van der Waals surface area contributed by atoms with Crippen molar-refractivity contribution >= 4 is 17.9 Å². The molecule has 0 saturated carbocycles. The van der Waals surface area contributed by atoms with Gasteiger partial charge in [0.2, 0.25) is 0 Å². The highest BCUT2D eigenvalue weighted by Gasteiger charge is 2.20. The van der Waals surface area contributed by atoms with Gasteiger partial charge in [-0.15, -0.1) is 0 Å². The largest absolute Gasteiger partial charge is 0.462 e. The zero-order chi connectivity index (χ0) is 59.2. The van der Waals surface area contributed by atoms with Crippen molar-refractivity contribution in [1.29, 1.82) is 0 Å². The standard InChI is InChI=1S/C76H148O6/c1-4-7-10-13-16-19-22-24-26-28-30-32-34-36-37-38-40-41-43-45-47-49-51-54-57-60-63-66-69-75(78)81-72-73(71-80-74(77)68-65-62-59-56-53-21-18-15-12-9-6-3)82-76(79)70-67-64-61-58-55-52-50-48-46-44-42-39-35-33-31-29-27-25-23-20-17-14-11-8-5-2/h73H,4-72H2,1-3H3. The predicted octanol–water partition coefficient (Wildman–Crippen LogP) is 26.2. The Labute approximate surface area is 514 Å². The third-order valence-corrected chi connectivity index (χ3v) is 17.9. The van der Waals surface area contributed by atoms with Crippen LogP contribution in [0.3, 0.4) is 0 Å². The third-order valence-electron chi connectivity index (χ3n) is 17.9. The maximum Gasteiger partial charge on any atom is 0.306 e. The molecule has 6 heteroatoms. The molecule has 1 atom stereocenters. The Morgan fingerprint density at radius 1 is 0.195 bits per heavy atom. The van der Waals surface area contributed by atoms with Crippen LogP contribution in [0.2, 0.25) is 0 Å². The third kappa shape index (κ3) is 69.2. The van der Waals surface area contributed by atoms with Crippen molar-refractivity contribution in [2.24, 2.45) is 0 Å². The lowest BCUT2D eigenvalue weighted by Crippen LogP contribution is -2.30. The van der Waals surface area contributed by atoms with Crippen LogP contribution in [-0.2, 0) is 28.6 Å². The summed E-state index contributed by atoms with van der Waals surface area (Å²) in [7, 11) is 0. The molecule has 0 rings (SSSR count). The molecule has 0 saturated heterocycles. The number of rotatable bonds is 72. The second-order valence-corrected chi connectivity index (χ2v) is 26.3. The van der Waals surface area contributed by atoms with Crippen LogP contribution in [0.15, 0.2) is 0 Å². The maximum absolute atomic E-state index is 13.0. The van der Waals surface area contributed by atoms with Gasteiger partial charge in [0.1, 0.15) is 13.2 Å². The van der Waals surface area contributed by atoms with E-state index in [0.717, 1.165) is 57.8 Å². The van der Waals surface area contributed by atoms with Crippen LogP contribution in [0, 0.1) is 0 Å². The summed E-state index contributed by atoms with van der Waals surface area (Å²) < 4.78 is 17.0. The number of esters is 3. The molecule has 0 fully saturated rings. The Bertz CT molecular complexity index is 1240. The van der Waals surface area contributed by atoms with Crippen LogP contribution in [0.25, 0.3) is 0 Å². The first kappa shape index (κ1) is 80.4. The lowest BCUT2D eigenvalue weighted by molar-refractivity contribution is -0.167. The fourth-order valence-corrected chi connectivity index (χ4v) is 12.2. The van der Waals surface area contributed by atoms with Crippen LogP contribution in [0.1, 0.15) is 451 Å².